The van der Waals surface area contributed by atoms with Crippen LogP contribution in [0.5, 0.6) is 0 Å². The molecule has 146 valence electrons. The number of nitriles is 2. The fourth-order valence-electron chi connectivity index (χ4n) is 4.87. The molecule has 0 radical (unpaired) electrons. The van der Waals surface area contributed by atoms with Crippen LogP contribution in [0.15, 0.2) is 84.9 Å². The minimum atomic E-state index is -0.0316. The van der Waals surface area contributed by atoms with Crippen molar-refractivity contribution in [3.05, 3.63) is 118 Å². The monoisotopic (exact) mass is 406 g/mol. The summed E-state index contributed by atoms with van der Waals surface area (Å²) in [5.74, 6) is -0.0316. The van der Waals surface area contributed by atoms with Crippen molar-refractivity contribution in [3.63, 3.8) is 0 Å². The topological polar surface area (TPSA) is 64.7 Å². The van der Waals surface area contributed by atoms with E-state index in [4.69, 9.17) is 0 Å². The van der Waals surface area contributed by atoms with Crippen molar-refractivity contribution >= 4 is 38.8 Å². The van der Waals surface area contributed by atoms with Gasteiger partial charge >= 0.3 is 0 Å². The Labute approximate surface area is 184 Å². The van der Waals surface area contributed by atoms with Gasteiger partial charge in [-0.2, -0.15) is 10.5 Å². The Kier molecular flexibility index (Phi) is 3.75. The molecule has 3 nitrogen and oxygen atoms in total. The Hall–Kier alpha value is -4.73. The van der Waals surface area contributed by atoms with Crippen LogP contribution in [-0.2, 0) is 4.79 Å². The van der Waals surface area contributed by atoms with Crippen LogP contribution in [0.2, 0.25) is 0 Å². The molecule has 2 aliphatic rings. The van der Waals surface area contributed by atoms with Gasteiger partial charge in [-0.3, -0.25) is 4.79 Å². The summed E-state index contributed by atoms with van der Waals surface area (Å²) in [5, 5.41) is 20.7. The second-order valence-electron chi connectivity index (χ2n) is 7.92. The molecule has 0 atom stereocenters. The van der Waals surface area contributed by atoms with Crippen LogP contribution in [0.3, 0.4) is 0 Å². The van der Waals surface area contributed by atoms with Gasteiger partial charge in [0.05, 0.1) is 23.3 Å². The molecule has 0 spiro atoms. The third-order valence-corrected chi connectivity index (χ3v) is 6.25. The van der Waals surface area contributed by atoms with Crippen LogP contribution in [0.4, 0.5) is 0 Å². The lowest BCUT2D eigenvalue weighted by atomic mass is 9.92. The SMILES string of the molecule is N#Cc1ccc(C2=C3C(=C(c4ccc(C#N)cc4)C2=O)c2cccc4cccc3c24)cc1. The van der Waals surface area contributed by atoms with Gasteiger partial charge < -0.3 is 0 Å². The number of carbonyl (C=O) groups excluding carboxylic acids is 1. The van der Waals surface area contributed by atoms with E-state index in [1.165, 1.54) is 0 Å². The zero-order valence-corrected chi connectivity index (χ0v) is 16.9. The first-order valence-corrected chi connectivity index (χ1v) is 10.3. The molecular weight excluding hydrogens is 392 g/mol. The molecule has 2 aliphatic carbocycles. The maximum Gasteiger partial charge on any atom is 0.195 e. The molecule has 0 saturated carbocycles. The number of rotatable bonds is 2. The Balaban J connectivity index is 1.69. The van der Waals surface area contributed by atoms with Crippen LogP contribution in [-0.4, -0.2) is 5.78 Å². The first-order chi connectivity index (χ1) is 15.7. The average molecular weight is 406 g/mol. The van der Waals surface area contributed by atoms with Gasteiger partial charge in [0.15, 0.2) is 5.78 Å². The maximum absolute atomic E-state index is 13.9. The molecule has 0 saturated heterocycles. The molecule has 32 heavy (non-hydrogen) atoms. The van der Waals surface area contributed by atoms with E-state index in [0.29, 0.717) is 22.3 Å². The minimum absolute atomic E-state index is 0.0316. The molecule has 0 N–H and O–H groups in total. The van der Waals surface area contributed by atoms with Crippen molar-refractivity contribution in [2.75, 3.05) is 0 Å². The standard InChI is InChI=1S/C29H14N2O/c30-15-17-7-11-20(12-8-17)25-27-22-5-1-3-19-4-2-6-23(24(19)22)28(27)26(29(25)32)21-13-9-18(16-31)10-14-21/h1-14H. The van der Waals surface area contributed by atoms with Gasteiger partial charge in [-0.15, -0.1) is 0 Å². The van der Waals surface area contributed by atoms with Crippen LogP contribution in [0.1, 0.15) is 33.4 Å². The summed E-state index contributed by atoms with van der Waals surface area (Å²) in [5.41, 5.74) is 8.06. The average Bonchev–Trinajstić information content (AvgIpc) is 3.32. The summed E-state index contributed by atoms with van der Waals surface area (Å²) in [6.07, 6.45) is 0. The van der Waals surface area contributed by atoms with Gasteiger partial charge in [0.25, 0.3) is 0 Å². The molecule has 0 unspecified atom stereocenters. The fourth-order valence-corrected chi connectivity index (χ4v) is 4.87. The van der Waals surface area contributed by atoms with Crippen molar-refractivity contribution in [2.24, 2.45) is 0 Å². The number of benzene rings is 4. The molecule has 0 amide bonds. The molecular formula is C29H14N2O. The lowest BCUT2D eigenvalue weighted by Gasteiger charge is -2.09. The molecule has 0 bridgehead atoms. The molecule has 0 heterocycles. The number of allylic oxidation sites excluding steroid dienone is 4. The van der Waals surface area contributed by atoms with Crippen molar-refractivity contribution in [3.8, 4) is 12.1 Å². The van der Waals surface area contributed by atoms with Crippen LogP contribution < -0.4 is 0 Å². The quantitative estimate of drug-likeness (QED) is 0.410. The van der Waals surface area contributed by atoms with Crippen molar-refractivity contribution in [1.29, 1.82) is 10.5 Å². The first kappa shape index (κ1) is 18.1. The summed E-state index contributed by atoms with van der Waals surface area (Å²) < 4.78 is 0. The lowest BCUT2D eigenvalue weighted by Crippen LogP contribution is -2.03. The summed E-state index contributed by atoms with van der Waals surface area (Å²) in [6.45, 7) is 0. The van der Waals surface area contributed by atoms with E-state index in [9.17, 15) is 15.3 Å². The highest BCUT2D eigenvalue weighted by Crippen LogP contribution is 2.56. The highest BCUT2D eigenvalue weighted by molar-refractivity contribution is 6.61. The zero-order valence-electron chi connectivity index (χ0n) is 16.9. The second kappa shape index (κ2) is 6.64. The van der Waals surface area contributed by atoms with Crippen molar-refractivity contribution < 1.29 is 4.79 Å². The zero-order chi connectivity index (χ0) is 21.8. The number of ketones is 1. The van der Waals surface area contributed by atoms with E-state index in [2.05, 4.69) is 36.4 Å². The van der Waals surface area contributed by atoms with Crippen LogP contribution in [0.25, 0.3) is 33.1 Å². The molecule has 4 aromatic rings. The van der Waals surface area contributed by atoms with E-state index >= 15 is 0 Å². The molecule has 0 aliphatic heterocycles. The predicted molar refractivity (Wildman–Crippen MR) is 125 cm³/mol. The van der Waals surface area contributed by atoms with Crippen LogP contribution >= 0.6 is 0 Å². The molecule has 0 aromatic heterocycles. The van der Waals surface area contributed by atoms with Crippen molar-refractivity contribution in [1.82, 2.24) is 0 Å². The Morgan fingerprint density at radius 1 is 0.531 bits per heavy atom. The van der Waals surface area contributed by atoms with Gasteiger partial charge in [-0.1, -0.05) is 60.7 Å². The molecule has 6 rings (SSSR count). The molecule has 4 aromatic carbocycles. The summed E-state index contributed by atoms with van der Waals surface area (Å²) in [7, 11) is 0. The Bertz CT molecular complexity index is 1500. The van der Waals surface area contributed by atoms with E-state index in [0.717, 1.165) is 44.2 Å². The highest BCUT2D eigenvalue weighted by Gasteiger charge is 2.39. The third-order valence-electron chi connectivity index (χ3n) is 6.25. The molecule has 3 heteroatoms. The number of Topliss-reactive ketones (excluding diaryl/α,β-unsaturated/α-hetero) is 1. The highest BCUT2D eigenvalue weighted by atomic mass is 16.1. The smallest absolute Gasteiger partial charge is 0.195 e. The number of hydrogen-bond acceptors (Lipinski definition) is 3. The second-order valence-corrected chi connectivity index (χ2v) is 7.92. The fraction of sp³-hybridized carbons (Fsp3) is 0. The van der Waals surface area contributed by atoms with Gasteiger partial charge in [0.1, 0.15) is 0 Å². The number of carbonyl (C=O) groups is 1. The number of fused-ring (bicyclic) bond motifs is 3. The Morgan fingerprint density at radius 2 is 0.969 bits per heavy atom. The summed E-state index contributed by atoms with van der Waals surface area (Å²) in [4.78, 5) is 13.9. The normalized spacial score (nSPS) is 14.0. The van der Waals surface area contributed by atoms with E-state index < -0.39 is 0 Å². The maximum atomic E-state index is 13.9. The lowest BCUT2D eigenvalue weighted by molar-refractivity contribution is -0.108. The van der Waals surface area contributed by atoms with E-state index in [1.54, 1.807) is 24.3 Å². The summed E-state index contributed by atoms with van der Waals surface area (Å²) >= 11 is 0. The van der Waals surface area contributed by atoms with Gasteiger partial charge in [-0.05, 0) is 57.3 Å². The van der Waals surface area contributed by atoms with Gasteiger partial charge in [0.2, 0.25) is 0 Å². The Morgan fingerprint density at radius 3 is 1.38 bits per heavy atom. The largest absolute Gasteiger partial charge is 0.289 e. The number of hydrogen-bond donors (Lipinski definition) is 0. The van der Waals surface area contributed by atoms with Gasteiger partial charge in [0, 0.05) is 22.3 Å². The molecule has 0 fully saturated rings. The van der Waals surface area contributed by atoms with Gasteiger partial charge in [-0.25, -0.2) is 0 Å². The van der Waals surface area contributed by atoms with E-state index in [1.807, 2.05) is 36.4 Å². The van der Waals surface area contributed by atoms with Crippen LogP contribution in [0, 0.1) is 22.7 Å². The van der Waals surface area contributed by atoms with E-state index in [-0.39, 0.29) is 5.78 Å². The minimum Gasteiger partial charge on any atom is -0.289 e. The third kappa shape index (κ3) is 2.37. The first-order valence-electron chi connectivity index (χ1n) is 10.3. The summed E-state index contributed by atoms with van der Waals surface area (Å²) in [6, 6.07) is 31.1. The number of nitrogens with zero attached hydrogens (tertiary/aromatic N) is 2. The van der Waals surface area contributed by atoms with Crippen molar-refractivity contribution in [2.45, 2.75) is 0 Å². The predicted octanol–water partition coefficient (Wildman–Crippen LogP) is 6.00.